The molecule has 0 saturated heterocycles. The second-order valence-electron chi connectivity index (χ2n) is 4.20. The predicted octanol–water partition coefficient (Wildman–Crippen LogP) is 1.63. The minimum absolute atomic E-state index is 0.263. The lowest BCUT2D eigenvalue weighted by molar-refractivity contribution is 0.572. The summed E-state index contributed by atoms with van der Waals surface area (Å²) in [7, 11) is 3.91. The highest BCUT2D eigenvalue weighted by Crippen LogP contribution is 2.19. The molecule has 1 atom stereocenters. The Labute approximate surface area is 102 Å². The quantitative estimate of drug-likeness (QED) is 0.868. The first kappa shape index (κ1) is 11.8. The highest BCUT2D eigenvalue weighted by atomic mass is 15.2. The number of rotatable bonds is 4. The molecule has 0 spiro atoms. The van der Waals surface area contributed by atoms with E-state index in [9.17, 15) is 0 Å². The number of hydrogen-bond donors (Lipinski definition) is 1. The standard InChI is InChI=1S/C13H18N4/c1-10-12(5-4-7-15-10)13(14-2)9-11-6-8-17(3)16-11/h4-8,13-14H,9H2,1-3H3. The first-order valence-electron chi connectivity index (χ1n) is 5.78. The molecular weight excluding hydrogens is 212 g/mol. The molecule has 0 radical (unpaired) electrons. The lowest BCUT2D eigenvalue weighted by atomic mass is 10.0. The Bertz CT molecular complexity index is 490. The van der Waals surface area contributed by atoms with Gasteiger partial charge in [0.05, 0.1) is 5.69 Å². The number of pyridine rings is 1. The first-order valence-corrected chi connectivity index (χ1v) is 5.78. The highest BCUT2D eigenvalue weighted by molar-refractivity contribution is 5.24. The van der Waals surface area contributed by atoms with Crippen LogP contribution in [0.4, 0.5) is 0 Å². The molecular formula is C13H18N4. The SMILES string of the molecule is CNC(Cc1ccn(C)n1)c1cccnc1C. The fourth-order valence-corrected chi connectivity index (χ4v) is 2.01. The Hall–Kier alpha value is -1.68. The fraction of sp³-hybridized carbons (Fsp3) is 0.385. The van der Waals surface area contributed by atoms with Crippen molar-refractivity contribution >= 4 is 0 Å². The van der Waals surface area contributed by atoms with Crippen LogP contribution in [0.5, 0.6) is 0 Å². The Balaban J connectivity index is 2.20. The monoisotopic (exact) mass is 230 g/mol. The second kappa shape index (κ2) is 5.10. The normalized spacial score (nSPS) is 12.6. The molecule has 2 rings (SSSR count). The Kier molecular flexibility index (Phi) is 3.54. The summed E-state index contributed by atoms with van der Waals surface area (Å²) < 4.78 is 1.83. The van der Waals surface area contributed by atoms with E-state index in [1.165, 1.54) is 5.56 Å². The maximum Gasteiger partial charge on any atom is 0.0643 e. The van der Waals surface area contributed by atoms with E-state index in [0.717, 1.165) is 17.8 Å². The van der Waals surface area contributed by atoms with Gasteiger partial charge in [-0.2, -0.15) is 5.10 Å². The Morgan fingerprint density at radius 3 is 2.82 bits per heavy atom. The van der Waals surface area contributed by atoms with Gasteiger partial charge in [0.1, 0.15) is 0 Å². The Morgan fingerprint density at radius 1 is 1.41 bits per heavy atom. The van der Waals surface area contributed by atoms with E-state index in [2.05, 4.69) is 27.5 Å². The number of nitrogens with one attached hydrogen (secondary N) is 1. The lowest BCUT2D eigenvalue weighted by Gasteiger charge is -2.17. The molecule has 2 aromatic rings. The van der Waals surface area contributed by atoms with Gasteiger partial charge in [0.2, 0.25) is 0 Å². The fourth-order valence-electron chi connectivity index (χ4n) is 2.01. The third kappa shape index (κ3) is 2.71. The maximum atomic E-state index is 4.41. The van der Waals surface area contributed by atoms with Crippen LogP contribution in [-0.2, 0) is 13.5 Å². The van der Waals surface area contributed by atoms with E-state index in [1.54, 1.807) is 0 Å². The van der Waals surface area contributed by atoms with Crippen LogP contribution in [0.3, 0.4) is 0 Å². The van der Waals surface area contributed by atoms with Crippen molar-refractivity contribution in [1.29, 1.82) is 0 Å². The van der Waals surface area contributed by atoms with E-state index in [1.807, 2.05) is 44.2 Å². The van der Waals surface area contributed by atoms with Crippen molar-refractivity contribution in [3.63, 3.8) is 0 Å². The molecule has 0 saturated carbocycles. The van der Waals surface area contributed by atoms with Gasteiger partial charge < -0.3 is 5.32 Å². The number of nitrogens with zero attached hydrogens (tertiary/aromatic N) is 3. The summed E-state index contributed by atoms with van der Waals surface area (Å²) in [6.45, 7) is 2.04. The van der Waals surface area contributed by atoms with E-state index >= 15 is 0 Å². The van der Waals surface area contributed by atoms with Gasteiger partial charge in [-0.05, 0) is 31.7 Å². The largest absolute Gasteiger partial charge is 0.313 e. The van der Waals surface area contributed by atoms with Crippen LogP contribution >= 0.6 is 0 Å². The van der Waals surface area contributed by atoms with Gasteiger partial charge in [0, 0.05) is 37.6 Å². The van der Waals surface area contributed by atoms with Crippen LogP contribution < -0.4 is 5.32 Å². The summed E-state index contributed by atoms with van der Waals surface area (Å²) in [6, 6.07) is 6.41. The molecule has 1 unspecified atom stereocenters. The van der Waals surface area contributed by atoms with Crippen molar-refractivity contribution in [3.8, 4) is 0 Å². The molecule has 2 heterocycles. The highest BCUT2D eigenvalue weighted by Gasteiger charge is 2.13. The summed E-state index contributed by atoms with van der Waals surface area (Å²) in [5.74, 6) is 0. The van der Waals surface area contributed by atoms with Crippen LogP contribution in [0.25, 0.3) is 0 Å². The number of aryl methyl sites for hydroxylation is 2. The average molecular weight is 230 g/mol. The van der Waals surface area contributed by atoms with Gasteiger partial charge in [-0.3, -0.25) is 9.67 Å². The van der Waals surface area contributed by atoms with Crippen molar-refractivity contribution in [2.75, 3.05) is 7.05 Å². The van der Waals surface area contributed by atoms with Crippen molar-refractivity contribution in [3.05, 3.63) is 47.5 Å². The zero-order chi connectivity index (χ0) is 12.3. The van der Waals surface area contributed by atoms with Crippen molar-refractivity contribution in [2.24, 2.45) is 7.05 Å². The van der Waals surface area contributed by atoms with Crippen molar-refractivity contribution in [2.45, 2.75) is 19.4 Å². The lowest BCUT2D eigenvalue weighted by Crippen LogP contribution is -2.20. The minimum atomic E-state index is 0.263. The van der Waals surface area contributed by atoms with E-state index in [-0.39, 0.29) is 6.04 Å². The van der Waals surface area contributed by atoms with Crippen LogP contribution in [-0.4, -0.2) is 21.8 Å². The molecule has 0 aromatic carbocycles. The summed E-state index contributed by atoms with van der Waals surface area (Å²) in [5.41, 5.74) is 3.40. The van der Waals surface area contributed by atoms with Crippen LogP contribution in [0.2, 0.25) is 0 Å². The summed E-state index contributed by atoms with van der Waals surface area (Å²) in [5, 5.41) is 7.74. The predicted molar refractivity (Wildman–Crippen MR) is 67.7 cm³/mol. The number of hydrogen-bond acceptors (Lipinski definition) is 3. The molecule has 4 nitrogen and oxygen atoms in total. The second-order valence-corrected chi connectivity index (χ2v) is 4.20. The van der Waals surface area contributed by atoms with Crippen LogP contribution in [0.15, 0.2) is 30.6 Å². The molecule has 2 aromatic heterocycles. The van der Waals surface area contributed by atoms with Crippen LogP contribution in [0.1, 0.15) is 23.0 Å². The zero-order valence-electron chi connectivity index (χ0n) is 10.5. The molecule has 1 N–H and O–H groups in total. The van der Waals surface area contributed by atoms with E-state index in [4.69, 9.17) is 0 Å². The third-order valence-electron chi connectivity index (χ3n) is 2.95. The van der Waals surface area contributed by atoms with Gasteiger partial charge in [0.25, 0.3) is 0 Å². The zero-order valence-corrected chi connectivity index (χ0v) is 10.5. The third-order valence-corrected chi connectivity index (χ3v) is 2.95. The summed E-state index contributed by atoms with van der Waals surface area (Å²) >= 11 is 0. The van der Waals surface area contributed by atoms with E-state index in [0.29, 0.717) is 0 Å². The molecule has 0 aliphatic heterocycles. The molecule has 90 valence electrons. The Morgan fingerprint density at radius 2 is 2.24 bits per heavy atom. The van der Waals surface area contributed by atoms with Gasteiger partial charge in [-0.25, -0.2) is 0 Å². The number of aromatic nitrogens is 3. The van der Waals surface area contributed by atoms with Crippen molar-refractivity contribution in [1.82, 2.24) is 20.1 Å². The van der Waals surface area contributed by atoms with E-state index < -0.39 is 0 Å². The van der Waals surface area contributed by atoms with Crippen molar-refractivity contribution < 1.29 is 0 Å². The van der Waals surface area contributed by atoms with Gasteiger partial charge >= 0.3 is 0 Å². The average Bonchev–Trinajstić information content (AvgIpc) is 2.73. The molecule has 0 amide bonds. The molecule has 0 aliphatic carbocycles. The summed E-state index contributed by atoms with van der Waals surface area (Å²) in [6.07, 6.45) is 4.67. The number of likely N-dealkylation sites (N-methyl/N-ethyl adjacent to an activating group) is 1. The minimum Gasteiger partial charge on any atom is -0.313 e. The van der Waals surface area contributed by atoms with Gasteiger partial charge in [0.15, 0.2) is 0 Å². The van der Waals surface area contributed by atoms with Gasteiger partial charge in [-0.15, -0.1) is 0 Å². The summed E-state index contributed by atoms with van der Waals surface area (Å²) in [4.78, 5) is 4.33. The molecule has 0 bridgehead atoms. The van der Waals surface area contributed by atoms with Gasteiger partial charge in [-0.1, -0.05) is 6.07 Å². The molecule has 4 heteroatoms. The molecule has 0 fully saturated rings. The molecule has 17 heavy (non-hydrogen) atoms. The topological polar surface area (TPSA) is 42.7 Å². The van der Waals surface area contributed by atoms with Crippen LogP contribution in [0, 0.1) is 6.92 Å². The molecule has 0 aliphatic rings. The maximum absolute atomic E-state index is 4.41. The smallest absolute Gasteiger partial charge is 0.0643 e. The first-order chi connectivity index (χ1) is 8.20.